The van der Waals surface area contributed by atoms with Crippen LogP contribution in [0.4, 0.5) is 0 Å². The third-order valence-electron chi connectivity index (χ3n) is 3.50. The predicted molar refractivity (Wildman–Crippen MR) is 79.4 cm³/mol. The lowest BCUT2D eigenvalue weighted by Gasteiger charge is -2.09. The molecule has 1 aliphatic rings. The van der Waals surface area contributed by atoms with Crippen LogP contribution in [0.3, 0.4) is 0 Å². The van der Waals surface area contributed by atoms with Crippen LogP contribution in [0, 0.1) is 6.92 Å². The summed E-state index contributed by atoms with van der Waals surface area (Å²) in [6.45, 7) is 2.01. The highest BCUT2D eigenvalue weighted by Crippen LogP contribution is 2.34. The summed E-state index contributed by atoms with van der Waals surface area (Å²) in [5, 5.41) is 11.7. The number of benzene rings is 1. The van der Waals surface area contributed by atoms with Gasteiger partial charge >= 0.3 is 0 Å². The molecule has 1 saturated carbocycles. The Labute approximate surface area is 126 Å². The van der Waals surface area contributed by atoms with Gasteiger partial charge in [0.15, 0.2) is 5.82 Å². The average Bonchev–Trinajstić information content (AvgIpc) is 3.20. The smallest absolute Gasteiger partial charge is 0.164 e. The second-order valence-electron chi connectivity index (χ2n) is 5.31. The van der Waals surface area contributed by atoms with E-state index in [0.29, 0.717) is 23.4 Å². The molecule has 1 heterocycles. The molecule has 21 heavy (non-hydrogen) atoms. The molecule has 0 unspecified atom stereocenters. The SMILES string of the molecule is COc1ccc(C)cc1C[S@@](=O)Cc1nnnn1C1CC1. The third kappa shape index (κ3) is 3.29. The van der Waals surface area contributed by atoms with Gasteiger partial charge in [-0.15, -0.1) is 5.10 Å². The van der Waals surface area contributed by atoms with Crippen molar-refractivity contribution in [3.05, 3.63) is 35.2 Å². The molecule has 2 aromatic rings. The molecule has 0 bridgehead atoms. The molecule has 3 rings (SSSR count). The van der Waals surface area contributed by atoms with Crippen molar-refractivity contribution in [2.75, 3.05) is 7.11 Å². The number of aromatic nitrogens is 4. The summed E-state index contributed by atoms with van der Waals surface area (Å²) >= 11 is 0. The van der Waals surface area contributed by atoms with Crippen LogP contribution in [0.1, 0.15) is 35.8 Å². The Morgan fingerprint density at radius 1 is 1.38 bits per heavy atom. The predicted octanol–water partition coefficient (Wildman–Crippen LogP) is 1.77. The van der Waals surface area contributed by atoms with E-state index < -0.39 is 10.8 Å². The first kappa shape index (κ1) is 14.2. The van der Waals surface area contributed by atoms with Gasteiger partial charge in [0.2, 0.25) is 0 Å². The van der Waals surface area contributed by atoms with Gasteiger partial charge in [-0.25, -0.2) is 4.68 Å². The van der Waals surface area contributed by atoms with Crippen LogP contribution >= 0.6 is 0 Å². The number of aryl methyl sites for hydroxylation is 1. The molecule has 7 heteroatoms. The molecule has 1 fully saturated rings. The molecule has 0 radical (unpaired) electrons. The van der Waals surface area contributed by atoms with Gasteiger partial charge in [0.05, 0.1) is 24.7 Å². The van der Waals surface area contributed by atoms with Crippen LogP contribution in [0.15, 0.2) is 18.2 Å². The number of nitrogens with zero attached hydrogens (tertiary/aromatic N) is 4. The van der Waals surface area contributed by atoms with E-state index >= 15 is 0 Å². The number of rotatable bonds is 6. The second kappa shape index (κ2) is 5.93. The van der Waals surface area contributed by atoms with Gasteiger partial charge in [-0.3, -0.25) is 4.21 Å². The minimum Gasteiger partial charge on any atom is -0.496 e. The van der Waals surface area contributed by atoms with E-state index in [1.54, 1.807) is 7.11 Å². The molecule has 0 aliphatic heterocycles. The highest BCUT2D eigenvalue weighted by atomic mass is 32.2. The van der Waals surface area contributed by atoms with E-state index in [0.717, 1.165) is 29.7 Å². The molecule has 0 amide bonds. The molecule has 1 aromatic heterocycles. The zero-order valence-electron chi connectivity index (χ0n) is 12.2. The Hall–Kier alpha value is -1.76. The summed E-state index contributed by atoms with van der Waals surface area (Å²) in [4.78, 5) is 0. The lowest BCUT2D eigenvalue weighted by atomic mass is 10.1. The fourth-order valence-corrected chi connectivity index (χ4v) is 3.45. The fraction of sp³-hybridized carbons (Fsp3) is 0.500. The maximum Gasteiger partial charge on any atom is 0.164 e. The molecular formula is C14H18N4O2S. The summed E-state index contributed by atoms with van der Waals surface area (Å²) in [7, 11) is 0.567. The largest absolute Gasteiger partial charge is 0.496 e. The van der Waals surface area contributed by atoms with Crippen molar-refractivity contribution < 1.29 is 8.95 Å². The highest BCUT2D eigenvalue weighted by molar-refractivity contribution is 7.83. The normalized spacial score (nSPS) is 15.9. The van der Waals surface area contributed by atoms with Gasteiger partial charge in [-0.2, -0.15) is 0 Å². The van der Waals surface area contributed by atoms with Crippen LogP contribution in [0.5, 0.6) is 5.75 Å². The Morgan fingerprint density at radius 2 is 2.19 bits per heavy atom. The zero-order chi connectivity index (χ0) is 14.8. The highest BCUT2D eigenvalue weighted by Gasteiger charge is 2.28. The first-order valence-corrected chi connectivity index (χ1v) is 8.41. The molecule has 0 saturated heterocycles. The fourth-order valence-electron chi connectivity index (χ4n) is 2.30. The van der Waals surface area contributed by atoms with E-state index in [9.17, 15) is 4.21 Å². The van der Waals surface area contributed by atoms with Crippen molar-refractivity contribution in [2.45, 2.75) is 37.3 Å². The molecule has 1 aliphatic carbocycles. The van der Waals surface area contributed by atoms with E-state index in [1.807, 2.05) is 29.8 Å². The van der Waals surface area contributed by atoms with Crippen molar-refractivity contribution in [1.82, 2.24) is 20.2 Å². The standard InChI is InChI=1S/C14H18N4O2S/c1-10-3-6-13(20-2)11(7-10)8-21(19)9-14-15-16-17-18(14)12-4-5-12/h3,6-7,12H,4-5,8-9H2,1-2H3/t21-/m1/s1. The molecule has 0 N–H and O–H groups in total. The van der Waals surface area contributed by atoms with Gasteiger partial charge in [-0.05, 0) is 36.3 Å². The molecule has 0 spiro atoms. The lowest BCUT2D eigenvalue weighted by molar-refractivity contribution is 0.411. The second-order valence-corrected chi connectivity index (χ2v) is 6.77. The van der Waals surface area contributed by atoms with Crippen LogP contribution < -0.4 is 4.74 Å². The maximum absolute atomic E-state index is 12.4. The van der Waals surface area contributed by atoms with Crippen molar-refractivity contribution in [1.29, 1.82) is 0 Å². The molecule has 1 aromatic carbocycles. The van der Waals surface area contributed by atoms with Crippen molar-refractivity contribution in [3.63, 3.8) is 0 Å². The van der Waals surface area contributed by atoms with E-state index in [-0.39, 0.29) is 0 Å². The monoisotopic (exact) mass is 306 g/mol. The van der Waals surface area contributed by atoms with Crippen LogP contribution in [0.2, 0.25) is 0 Å². The molecule has 112 valence electrons. The van der Waals surface area contributed by atoms with E-state index in [1.165, 1.54) is 0 Å². The number of ether oxygens (including phenoxy) is 1. The number of hydrogen-bond acceptors (Lipinski definition) is 5. The average molecular weight is 306 g/mol. The summed E-state index contributed by atoms with van der Waals surface area (Å²) < 4.78 is 19.5. The number of methoxy groups -OCH3 is 1. The first-order chi connectivity index (χ1) is 10.2. The first-order valence-electron chi connectivity index (χ1n) is 6.92. The zero-order valence-corrected chi connectivity index (χ0v) is 13.0. The van der Waals surface area contributed by atoms with Gasteiger partial charge in [-0.1, -0.05) is 17.7 Å². The summed E-state index contributed by atoms with van der Waals surface area (Å²) in [6, 6.07) is 6.32. The molecular weight excluding hydrogens is 288 g/mol. The van der Waals surface area contributed by atoms with Crippen molar-refractivity contribution in [2.24, 2.45) is 0 Å². The third-order valence-corrected chi connectivity index (χ3v) is 4.71. The number of hydrogen-bond donors (Lipinski definition) is 0. The minimum absolute atomic E-state index is 0.376. The van der Waals surface area contributed by atoms with Crippen LogP contribution in [-0.4, -0.2) is 31.5 Å². The Balaban J connectivity index is 1.71. The minimum atomic E-state index is -1.06. The van der Waals surface area contributed by atoms with Gasteiger partial charge in [0, 0.05) is 16.4 Å². The Bertz CT molecular complexity index is 667. The molecule has 1 atom stereocenters. The Morgan fingerprint density at radius 3 is 2.90 bits per heavy atom. The summed E-state index contributed by atoms with van der Waals surface area (Å²) in [5.41, 5.74) is 2.09. The van der Waals surface area contributed by atoms with E-state index in [4.69, 9.17) is 4.74 Å². The summed E-state index contributed by atoms with van der Waals surface area (Å²) in [5.74, 6) is 2.31. The van der Waals surface area contributed by atoms with Crippen molar-refractivity contribution >= 4 is 10.8 Å². The van der Waals surface area contributed by atoms with Crippen LogP contribution in [-0.2, 0) is 22.3 Å². The topological polar surface area (TPSA) is 69.9 Å². The Kier molecular flexibility index (Phi) is 4.01. The van der Waals surface area contributed by atoms with E-state index in [2.05, 4.69) is 15.5 Å². The van der Waals surface area contributed by atoms with Crippen molar-refractivity contribution in [3.8, 4) is 5.75 Å². The quantitative estimate of drug-likeness (QED) is 0.813. The lowest BCUT2D eigenvalue weighted by Crippen LogP contribution is -2.08. The van der Waals surface area contributed by atoms with Gasteiger partial charge in [0.25, 0.3) is 0 Å². The maximum atomic E-state index is 12.4. The number of tetrazole rings is 1. The van der Waals surface area contributed by atoms with Gasteiger partial charge in [0.1, 0.15) is 5.75 Å². The summed E-state index contributed by atoms with van der Waals surface area (Å²) in [6.07, 6.45) is 2.22. The van der Waals surface area contributed by atoms with Gasteiger partial charge < -0.3 is 4.74 Å². The van der Waals surface area contributed by atoms with Crippen LogP contribution in [0.25, 0.3) is 0 Å². The molecule has 6 nitrogen and oxygen atoms in total.